The first kappa shape index (κ1) is 18.9. The van der Waals surface area contributed by atoms with Crippen LogP contribution in [0, 0.1) is 6.92 Å². The number of anilines is 1. The molecule has 4 rings (SSSR count). The van der Waals surface area contributed by atoms with E-state index in [0.29, 0.717) is 24.5 Å². The largest absolute Gasteiger partial charge is 0.367 e. The van der Waals surface area contributed by atoms with Crippen molar-refractivity contribution in [2.45, 2.75) is 26.1 Å². The highest BCUT2D eigenvalue weighted by molar-refractivity contribution is 6.05. The number of rotatable bonds is 5. The van der Waals surface area contributed by atoms with Gasteiger partial charge in [0.05, 0.1) is 18.8 Å². The lowest BCUT2D eigenvalue weighted by Gasteiger charge is -2.22. The number of aromatic amines is 1. The van der Waals surface area contributed by atoms with Crippen molar-refractivity contribution in [1.29, 1.82) is 0 Å². The fourth-order valence-corrected chi connectivity index (χ4v) is 3.57. The van der Waals surface area contributed by atoms with Crippen LogP contribution in [0.3, 0.4) is 0 Å². The second-order valence-electron chi connectivity index (χ2n) is 7.02. The number of hydrogen-bond donors (Lipinski definition) is 2. The zero-order chi connectivity index (χ0) is 20.4. The number of carbonyl (C=O) groups is 2. The average molecular weight is 390 g/mol. The van der Waals surface area contributed by atoms with Crippen LogP contribution in [-0.4, -0.2) is 34.0 Å². The molecule has 1 unspecified atom stereocenters. The molecule has 0 radical (unpaired) electrons. The quantitative estimate of drug-likeness (QED) is 0.700. The maximum absolute atomic E-state index is 13.0. The van der Waals surface area contributed by atoms with Crippen molar-refractivity contribution in [3.05, 3.63) is 82.5 Å². The van der Waals surface area contributed by atoms with Crippen molar-refractivity contribution < 1.29 is 14.3 Å². The average Bonchev–Trinajstić information content (AvgIpc) is 3.31. The Labute approximate surface area is 168 Å². The van der Waals surface area contributed by atoms with Crippen LogP contribution in [-0.2, 0) is 22.6 Å². The molecule has 0 fully saturated rings. The number of carbonyl (C=O) groups excluding carboxylic acids is 2. The molecule has 3 aromatic rings. The molecule has 1 aliphatic heterocycles. The molecule has 0 bridgehead atoms. The van der Waals surface area contributed by atoms with Gasteiger partial charge in [-0.25, -0.2) is 0 Å². The Morgan fingerprint density at radius 1 is 1.10 bits per heavy atom. The summed E-state index contributed by atoms with van der Waals surface area (Å²) in [5.41, 5.74) is 3.93. The fraction of sp³-hybridized carbons (Fsp3) is 0.227. The first-order valence-electron chi connectivity index (χ1n) is 9.38. The molecule has 0 spiro atoms. The van der Waals surface area contributed by atoms with Gasteiger partial charge in [0.2, 0.25) is 0 Å². The third kappa shape index (κ3) is 3.64. The topological polar surface area (TPSA) is 87.3 Å². The fourth-order valence-electron chi connectivity index (χ4n) is 3.57. The highest BCUT2D eigenvalue weighted by Gasteiger charge is 2.33. The number of fused-ring (bicyclic) bond motifs is 1. The number of ether oxygens (including phenoxy) is 1. The van der Waals surface area contributed by atoms with E-state index in [4.69, 9.17) is 4.74 Å². The van der Waals surface area contributed by atoms with Gasteiger partial charge < -0.3 is 15.0 Å². The van der Waals surface area contributed by atoms with Gasteiger partial charge in [0.15, 0.2) is 11.9 Å². The van der Waals surface area contributed by atoms with Gasteiger partial charge in [-0.2, -0.15) is 5.10 Å². The summed E-state index contributed by atoms with van der Waals surface area (Å²) in [6.07, 6.45) is -0.668. The smallest absolute Gasteiger partial charge is 0.257 e. The van der Waals surface area contributed by atoms with E-state index in [1.54, 1.807) is 11.0 Å². The maximum atomic E-state index is 13.0. The SMILES string of the molecule is COC(C(=O)N1Cc2[nH]nc(NC(=O)c3ccccc3C)c2C1)c1ccccc1. The first-order valence-corrected chi connectivity index (χ1v) is 9.38. The van der Waals surface area contributed by atoms with Crippen LogP contribution in [0.5, 0.6) is 0 Å². The number of aromatic nitrogens is 2. The molecule has 7 nitrogen and oxygen atoms in total. The molecule has 2 aromatic carbocycles. The molecule has 1 aromatic heterocycles. The highest BCUT2D eigenvalue weighted by atomic mass is 16.5. The lowest BCUT2D eigenvalue weighted by Crippen LogP contribution is -2.32. The number of hydrogen-bond acceptors (Lipinski definition) is 4. The van der Waals surface area contributed by atoms with Gasteiger partial charge in [-0.05, 0) is 24.1 Å². The van der Waals surface area contributed by atoms with Crippen molar-refractivity contribution in [2.75, 3.05) is 12.4 Å². The van der Waals surface area contributed by atoms with E-state index in [1.807, 2.05) is 55.5 Å². The molecule has 0 saturated carbocycles. The number of amides is 2. The van der Waals surface area contributed by atoms with E-state index in [0.717, 1.165) is 22.4 Å². The van der Waals surface area contributed by atoms with Crippen LogP contribution in [0.2, 0.25) is 0 Å². The maximum Gasteiger partial charge on any atom is 0.257 e. The van der Waals surface area contributed by atoms with Crippen LogP contribution in [0.4, 0.5) is 5.82 Å². The lowest BCUT2D eigenvalue weighted by molar-refractivity contribution is -0.143. The number of H-pyrrole nitrogens is 1. The molecule has 1 atom stereocenters. The third-order valence-corrected chi connectivity index (χ3v) is 5.15. The van der Waals surface area contributed by atoms with Crippen molar-refractivity contribution in [2.24, 2.45) is 0 Å². The number of benzene rings is 2. The van der Waals surface area contributed by atoms with Crippen LogP contribution >= 0.6 is 0 Å². The van der Waals surface area contributed by atoms with Gasteiger partial charge in [0.1, 0.15) is 0 Å². The van der Waals surface area contributed by atoms with Gasteiger partial charge in [-0.3, -0.25) is 14.7 Å². The Morgan fingerprint density at radius 2 is 1.83 bits per heavy atom. The predicted molar refractivity (Wildman–Crippen MR) is 108 cm³/mol. The summed E-state index contributed by atoms with van der Waals surface area (Å²) < 4.78 is 5.46. The molecule has 1 aliphatic rings. The molecule has 0 saturated heterocycles. The van der Waals surface area contributed by atoms with Gasteiger partial charge in [-0.15, -0.1) is 0 Å². The minimum absolute atomic E-state index is 0.125. The summed E-state index contributed by atoms with van der Waals surface area (Å²) in [5.74, 6) is 0.109. The number of nitrogens with one attached hydrogen (secondary N) is 2. The van der Waals surface area contributed by atoms with Crippen molar-refractivity contribution in [3.8, 4) is 0 Å². The molecule has 2 N–H and O–H groups in total. The van der Waals surface area contributed by atoms with Crippen LogP contribution in [0.15, 0.2) is 54.6 Å². The summed E-state index contributed by atoms with van der Waals surface area (Å²) >= 11 is 0. The molecule has 2 heterocycles. The predicted octanol–water partition coefficient (Wildman–Crippen LogP) is 3.20. The number of nitrogens with zero attached hydrogens (tertiary/aromatic N) is 2. The molecule has 7 heteroatoms. The molecule has 148 valence electrons. The molecule has 29 heavy (non-hydrogen) atoms. The van der Waals surface area contributed by atoms with E-state index in [-0.39, 0.29) is 11.8 Å². The molecule has 2 amide bonds. The van der Waals surface area contributed by atoms with Gasteiger partial charge in [-0.1, -0.05) is 48.5 Å². The molecule has 0 aliphatic carbocycles. The van der Waals surface area contributed by atoms with Crippen LogP contribution in [0.1, 0.15) is 38.8 Å². The summed E-state index contributed by atoms with van der Waals surface area (Å²) in [5, 5.41) is 10.0. The lowest BCUT2D eigenvalue weighted by atomic mass is 10.1. The van der Waals surface area contributed by atoms with Crippen LogP contribution in [0.25, 0.3) is 0 Å². The van der Waals surface area contributed by atoms with Crippen molar-refractivity contribution in [3.63, 3.8) is 0 Å². The zero-order valence-electron chi connectivity index (χ0n) is 16.3. The Hall–Kier alpha value is -3.45. The van der Waals surface area contributed by atoms with Gasteiger partial charge in [0.25, 0.3) is 11.8 Å². The van der Waals surface area contributed by atoms with E-state index < -0.39 is 6.10 Å². The number of aryl methyl sites for hydroxylation is 1. The Kier molecular flexibility index (Phi) is 5.14. The van der Waals surface area contributed by atoms with E-state index in [9.17, 15) is 9.59 Å². The number of methoxy groups -OCH3 is 1. The van der Waals surface area contributed by atoms with E-state index >= 15 is 0 Å². The molecular formula is C22H22N4O3. The Morgan fingerprint density at radius 3 is 2.55 bits per heavy atom. The summed E-state index contributed by atoms with van der Waals surface area (Å²) in [6.45, 7) is 2.65. The van der Waals surface area contributed by atoms with E-state index in [2.05, 4.69) is 15.5 Å². The summed E-state index contributed by atoms with van der Waals surface area (Å²) in [7, 11) is 1.53. The van der Waals surface area contributed by atoms with Crippen molar-refractivity contribution >= 4 is 17.6 Å². The first-order chi connectivity index (χ1) is 14.1. The Balaban J connectivity index is 1.50. The van der Waals surface area contributed by atoms with Crippen molar-refractivity contribution in [1.82, 2.24) is 15.1 Å². The highest BCUT2D eigenvalue weighted by Crippen LogP contribution is 2.30. The van der Waals surface area contributed by atoms with Gasteiger partial charge in [0, 0.05) is 18.2 Å². The normalized spacial score (nSPS) is 13.8. The Bertz CT molecular complexity index is 1050. The summed E-state index contributed by atoms with van der Waals surface area (Å²) in [4.78, 5) is 27.3. The summed E-state index contributed by atoms with van der Waals surface area (Å²) in [6, 6.07) is 16.8. The van der Waals surface area contributed by atoms with Crippen LogP contribution < -0.4 is 5.32 Å². The minimum atomic E-state index is -0.668. The third-order valence-electron chi connectivity index (χ3n) is 5.15. The zero-order valence-corrected chi connectivity index (χ0v) is 16.3. The van der Waals surface area contributed by atoms with E-state index in [1.165, 1.54) is 7.11 Å². The van der Waals surface area contributed by atoms with Gasteiger partial charge >= 0.3 is 0 Å². The monoisotopic (exact) mass is 390 g/mol. The second-order valence-corrected chi connectivity index (χ2v) is 7.02. The molecular weight excluding hydrogens is 368 g/mol. The standard InChI is InChI=1S/C22H22N4O3/c1-14-8-6-7-11-16(14)21(27)23-20-17-12-26(13-18(17)24-25-20)22(28)19(29-2)15-9-4-3-5-10-15/h3-11,19H,12-13H2,1-2H3,(H2,23,24,25,27). The second kappa shape index (κ2) is 7.89. The minimum Gasteiger partial charge on any atom is -0.367 e.